The van der Waals surface area contributed by atoms with Gasteiger partial charge in [-0.1, -0.05) is 35.9 Å². The second-order valence-corrected chi connectivity index (χ2v) is 8.39. The molecule has 1 fully saturated rings. The molecule has 3 aromatic rings. The van der Waals surface area contributed by atoms with E-state index >= 15 is 0 Å². The molecule has 0 amide bonds. The van der Waals surface area contributed by atoms with Crippen molar-refractivity contribution in [3.8, 4) is 0 Å². The van der Waals surface area contributed by atoms with Crippen LogP contribution >= 0.6 is 11.6 Å². The van der Waals surface area contributed by atoms with Crippen LogP contribution in [-0.4, -0.2) is 46.7 Å². The van der Waals surface area contributed by atoms with Crippen LogP contribution in [0.25, 0.3) is 0 Å². The Labute approximate surface area is 191 Å². The zero-order chi connectivity index (χ0) is 22.1. The first-order valence-corrected chi connectivity index (χ1v) is 10.9. The van der Waals surface area contributed by atoms with Gasteiger partial charge in [-0.3, -0.25) is 15.0 Å². The standard InChI is InChI=1S/C24H22ClN5O2/c25-18-7-10-22-23(15-18)27-24(20-3-1-2-4-21(20)26-22)29-13-11-28(12-14-29)16-17-5-8-19(9-6-17)30(31)32/h1-10,15,26H,11-14,16H2. The summed E-state index contributed by atoms with van der Waals surface area (Å²) >= 11 is 6.24. The minimum atomic E-state index is -0.367. The number of hydrogen-bond donors (Lipinski definition) is 1. The molecule has 162 valence electrons. The van der Waals surface area contributed by atoms with Crippen molar-refractivity contribution in [3.05, 3.63) is 93.0 Å². The van der Waals surface area contributed by atoms with E-state index in [1.54, 1.807) is 12.1 Å². The van der Waals surface area contributed by atoms with Crippen LogP contribution in [0.3, 0.4) is 0 Å². The van der Waals surface area contributed by atoms with Crippen LogP contribution in [0.2, 0.25) is 5.02 Å². The molecule has 5 rings (SSSR count). The quantitative estimate of drug-likeness (QED) is 0.441. The first-order valence-electron chi connectivity index (χ1n) is 10.5. The molecule has 7 nitrogen and oxygen atoms in total. The summed E-state index contributed by atoms with van der Waals surface area (Å²) in [6.07, 6.45) is 0. The van der Waals surface area contributed by atoms with Crippen LogP contribution in [0, 0.1) is 10.1 Å². The highest BCUT2D eigenvalue weighted by Crippen LogP contribution is 2.36. The maximum Gasteiger partial charge on any atom is 0.269 e. The molecular formula is C24H22ClN5O2. The fraction of sp³-hybridized carbons (Fsp3) is 0.208. The maximum absolute atomic E-state index is 10.9. The average molecular weight is 448 g/mol. The fourth-order valence-corrected chi connectivity index (χ4v) is 4.32. The van der Waals surface area contributed by atoms with Crippen LogP contribution in [0.15, 0.2) is 71.7 Å². The lowest BCUT2D eigenvalue weighted by Crippen LogP contribution is -2.48. The molecule has 8 heteroatoms. The molecule has 0 bridgehead atoms. The molecule has 0 spiro atoms. The number of nitro benzene ring substituents is 1. The number of nitrogens with one attached hydrogen (secondary N) is 1. The second kappa shape index (κ2) is 8.61. The van der Waals surface area contributed by atoms with Gasteiger partial charge in [0.15, 0.2) is 0 Å². The Bertz CT molecular complexity index is 1190. The van der Waals surface area contributed by atoms with Gasteiger partial charge in [-0.05, 0) is 35.9 Å². The molecule has 2 aliphatic rings. The number of benzene rings is 3. The van der Waals surface area contributed by atoms with Crippen molar-refractivity contribution < 1.29 is 4.92 Å². The second-order valence-electron chi connectivity index (χ2n) is 7.95. The van der Waals surface area contributed by atoms with E-state index in [0.29, 0.717) is 5.02 Å². The summed E-state index contributed by atoms with van der Waals surface area (Å²) in [6, 6.07) is 20.7. The lowest BCUT2D eigenvalue weighted by atomic mass is 10.1. The number of nitro groups is 1. The molecule has 0 atom stereocenters. The van der Waals surface area contributed by atoms with Gasteiger partial charge in [0, 0.05) is 61.1 Å². The predicted octanol–water partition coefficient (Wildman–Crippen LogP) is 5.20. The number of aliphatic imine (C=N–C) groups is 1. The van der Waals surface area contributed by atoms with E-state index in [0.717, 1.165) is 66.7 Å². The van der Waals surface area contributed by atoms with Gasteiger partial charge in [0.2, 0.25) is 0 Å². The highest BCUT2D eigenvalue weighted by atomic mass is 35.5. The Morgan fingerprint density at radius 2 is 1.72 bits per heavy atom. The van der Waals surface area contributed by atoms with Gasteiger partial charge in [0.1, 0.15) is 5.84 Å². The molecule has 0 aromatic heterocycles. The van der Waals surface area contributed by atoms with Gasteiger partial charge >= 0.3 is 0 Å². The van der Waals surface area contributed by atoms with Gasteiger partial charge in [-0.25, -0.2) is 4.99 Å². The van der Waals surface area contributed by atoms with E-state index in [4.69, 9.17) is 16.6 Å². The van der Waals surface area contributed by atoms with Crippen LogP contribution in [0.4, 0.5) is 22.7 Å². The number of non-ortho nitro benzene ring substituents is 1. The van der Waals surface area contributed by atoms with Crippen LogP contribution in [0.1, 0.15) is 11.1 Å². The van der Waals surface area contributed by atoms with Gasteiger partial charge < -0.3 is 10.2 Å². The highest BCUT2D eigenvalue weighted by molar-refractivity contribution is 6.31. The maximum atomic E-state index is 10.9. The zero-order valence-corrected chi connectivity index (χ0v) is 18.1. The number of rotatable bonds is 3. The average Bonchev–Trinajstić information content (AvgIpc) is 2.96. The minimum Gasteiger partial charge on any atom is -0.353 e. The number of halogens is 1. The first kappa shape index (κ1) is 20.5. The molecule has 0 radical (unpaired) electrons. The molecular weight excluding hydrogens is 426 g/mol. The van der Waals surface area contributed by atoms with Crippen molar-refractivity contribution >= 4 is 40.2 Å². The number of nitrogens with zero attached hydrogens (tertiary/aromatic N) is 4. The van der Waals surface area contributed by atoms with Gasteiger partial charge in [0.25, 0.3) is 5.69 Å². The van der Waals surface area contributed by atoms with Crippen molar-refractivity contribution in [2.75, 3.05) is 31.5 Å². The normalized spacial score (nSPS) is 15.8. The lowest BCUT2D eigenvalue weighted by molar-refractivity contribution is -0.384. The predicted molar refractivity (Wildman–Crippen MR) is 127 cm³/mol. The largest absolute Gasteiger partial charge is 0.353 e. The lowest BCUT2D eigenvalue weighted by Gasteiger charge is -2.36. The summed E-state index contributed by atoms with van der Waals surface area (Å²) in [5, 5.41) is 15.0. The Hall–Kier alpha value is -3.42. The number of hydrogen-bond acceptors (Lipinski definition) is 6. The Balaban J connectivity index is 1.34. The van der Waals surface area contributed by atoms with Gasteiger partial charge in [-0.2, -0.15) is 0 Å². The molecule has 1 saturated heterocycles. The number of amidine groups is 1. The van der Waals surface area contributed by atoms with E-state index < -0.39 is 0 Å². The Morgan fingerprint density at radius 1 is 0.969 bits per heavy atom. The smallest absolute Gasteiger partial charge is 0.269 e. The summed E-state index contributed by atoms with van der Waals surface area (Å²) in [4.78, 5) is 20.2. The summed E-state index contributed by atoms with van der Waals surface area (Å²) in [7, 11) is 0. The molecule has 0 saturated carbocycles. The molecule has 32 heavy (non-hydrogen) atoms. The van der Waals surface area contributed by atoms with Crippen molar-refractivity contribution in [1.29, 1.82) is 0 Å². The molecule has 2 aliphatic heterocycles. The van der Waals surface area contributed by atoms with E-state index in [1.807, 2.05) is 42.5 Å². The topological polar surface area (TPSA) is 74.0 Å². The molecule has 0 unspecified atom stereocenters. The molecule has 1 N–H and O–H groups in total. The highest BCUT2D eigenvalue weighted by Gasteiger charge is 2.25. The number of piperazine rings is 1. The first-order chi connectivity index (χ1) is 15.6. The summed E-state index contributed by atoms with van der Waals surface area (Å²) < 4.78 is 0. The summed E-state index contributed by atoms with van der Waals surface area (Å²) in [6.45, 7) is 4.23. The van der Waals surface area contributed by atoms with E-state index in [-0.39, 0.29) is 10.6 Å². The van der Waals surface area contributed by atoms with Crippen molar-refractivity contribution in [2.24, 2.45) is 4.99 Å². The minimum absolute atomic E-state index is 0.123. The number of anilines is 2. The fourth-order valence-electron chi connectivity index (χ4n) is 4.15. The SMILES string of the molecule is O=[N+]([O-])c1ccc(CN2CCN(C3=Nc4cc(Cl)ccc4Nc4ccccc43)CC2)cc1. The van der Waals surface area contributed by atoms with Crippen molar-refractivity contribution in [1.82, 2.24) is 9.80 Å². The monoisotopic (exact) mass is 447 g/mol. The third-order valence-electron chi connectivity index (χ3n) is 5.85. The molecule has 2 heterocycles. The molecule has 0 aliphatic carbocycles. The van der Waals surface area contributed by atoms with Gasteiger partial charge in [-0.15, -0.1) is 0 Å². The molecule has 3 aromatic carbocycles. The summed E-state index contributed by atoms with van der Waals surface area (Å²) in [5.74, 6) is 0.948. The van der Waals surface area contributed by atoms with E-state index in [9.17, 15) is 10.1 Å². The Kier molecular flexibility index (Phi) is 5.51. The summed E-state index contributed by atoms with van der Waals surface area (Å²) in [5.41, 5.74) is 5.07. The zero-order valence-electron chi connectivity index (χ0n) is 17.4. The number of fused-ring (bicyclic) bond motifs is 2. The third kappa shape index (κ3) is 4.17. The van der Waals surface area contributed by atoms with Crippen LogP contribution in [0.5, 0.6) is 0 Å². The van der Waals surface area contributed by atoms with Gasteiger partial charge in [0.05, 0.1) is 16.3 Å². The Morgan fingerprint density at radius 3 is 2.47 bits per heavy atom. The number of para-hydroxylation sites is 1. The van der Waals surface area contributed by atoms with E-state index in [2.05, 4.69) is 27.2 Å². The van der Waals surface area contributed by atoms with Crippen molar-refractivity contribution in [2.45, 2.75) is 6.54 Å². The third-order valence-corrected chi connectivity index (χ3v) is 6.08. The van der Waals surface area contributed by atoms with E-state index in [1.165, 1.54) is 0 Å². The van der Waals surface area contributed by atoms with Crippen molar-refractivity contribution in [3.63, 3.8) is 0 Å². The van der Waals surface area contributed by atoms with Crippen LogP contribution < -0.4 is 5.32 Å². The van der Waals surface area contributed by atoms with Crippen LogP contribution in [-0.2, 0) is 6.54 Å².